The van der Waals surface area contributed by atoms with Gasteiger partial charge in [0.15, 0.2) is 0 Å². The molecule has 1 aromatic rings. The second-order valence-corrected chi connectivity index (χ2v) is 7.07. The lowest BCUT2D eigenvalue weighted by Crippen LogP contribution is -2.50. The van der Waals surface area contributed by atoms with Gasteiger partial charge < -0.3 is 19.4 Å². The smallest absolute Gasteiger partial charge is 0.251 e. The van der Waals surface area contributed by atoms with E-state index in [0.29, 0.717) is 5.92 Å². The number of nitrogens with zero attached hydrogens (tertiary/aromatic N) is 5. The maximum absolute atomic E-state index is 12.7. The molecule has 7 nitrogen and oxygen atoms in total. The van der Waals surface area contributed by atoms with Gasteiger partial charge >= 0.3 is 0 Å². The van der Waals surface area contributed by atoms with Crippen molar-refractivity contribution >= 4 is 11.9 Å². The van der Waals surface area contributed by atoms with Crippen LogP contribution in [0, 0.1) is 5.92 Å². The van der Waals surface area contributed by atoms with Crippen molar-refractivity contribution in [1.29, 1.82) is 0 Å². The van der Waals surface area contributed by atoms with Crippen molar-refractivity contribution in [3.63, 3.8) is 0 Å². The SMILES string of the molecule is CN1CCN(C(=O)[C@@H]2C[C@@H]3CCN(c4ncccn4)C[C@H]3O2)CC1. The minimum atomic E-state index is -0.264. The van der Waals surface area contributed by atoms with E-state index in [1.54, 1.807) is 12.4 Å². The Morgan fingerprint density at radius 2 is 1.92 bits per heavy atom. The van der Waals surface area contributed by atoms with Gasteiger partial charge in [0, 0.05) is 51.7 Å². The molecule has 0 saturated carbocycles. The van der Waals surface area contributed by atoms with Crippen LogP contribution in [0.1, 0.15) is 12.8 Å². The summed E-state index contributed by atoms with van der Waals surface area (Å²) in [5.74, 6) is 1.42. The molecule has 0 radical (unpaired) electrons. The highest BCUT2D eigenvalue weighted by Gasteiger charge is 2.43. The number of rotatable bonds is 2. The average Bonchev–Trinajstić information content (AvgIpc) is 3.06. The van der Waals surface area contributed by atoms with E-state index in [1.807, 2.05) is 11.0 Å². The molecule has 0 N–H and O–H groups in total. The van der Waals surface area contributed by atoms with Gasteiger partial charge in [0.05, 0.1) is 6.10 Å². The molecule has 3 saturated heterocycles. The summed E-state index contributed by atoms with van der Waals surface area (Å²) >= 11 is 0. The molecule has 0 aromatic carbocycles. The number of hydrogen-bond acceptors (Lipinski definition) is 6. The van der Waals surface area contributed by atoms with Crippen molar-refractivity contribution in [2.45, 2.75) is 25.0 Å². The van der Waals surface area contributed by atoms with Crippen LogP contribution in [0.15, 0.2) is 18.5 Å². The van der Waals surface area contributed by atoms with Gasteiger partial charge in [0.1, 0.15) is 6.10 Å². The molecular weight excluding hydrogens is 306 g/mol. The Morgan fingerprint density at radius 3 is 2.67 bits per heavy atom. The van der Waals surface area contributed by atoms with E-state index in [0.717, 1.165) is 58.1 Å². The molecule has 0 unspecified atom stereocenters. The predicted octanol–water partition coefficient (Wildman–Crippen LogP) is 0.234. The van der Waals surface area contributed by atoms with E-state index < -0.39 is 0 Å². The molecule has 0 aliphatic carbocycles. The largest absolute Gasteiger partial charge is 0.363 e. The third-order valence-corrected chi connectivity index (χ3v) is 5.48. The Kier molecular flexibility index (Phi) is 4.37. The normalized spacial score (nSPS) is 31.1. The lowest BCUT2D eigenvalue weighted by Gasteiger charge is -2.34. The summed E-state index contributed by atoms with van der Waals surface area (Å²) in [5, 5.41) is 0. The van der Waals surface area contributed by atoms with Crippen LogP contribution >= 0.6 is 0 Å². The highest BCUT2D eigenvalue weighted by molar-refractivity contribution is 5.81. The highest BCUT2D eigenvalue weighted by Crippen LogP contribution is 2.34. The third kappa shape index (κ3) is 3.10. The molecule has 4 rings (SSSR count). The zero-order valence-corrected chi connectivity index (χ0v) is 14.2. The Morgan fingerprint density at radius 1 is 1.17 bits per heavy atom. The number of piperazine rings is 1. The van der Waals surface area contributed by atoms with Crippen molar-refractivity contribution in [2.75, 3.05) is 51.2 Å². The topological polar surface area (TPSA) is 61.8 Å². The standard InChI is InChI=1S/C17H25N5O2/c1-20-7-9-21(10-8-20)16(23)14-11-13-3-6-22(12-15(13)24-14)17-18-4-2-5-19-17/h2,4-5,13-15H,3,6-12H2,1H3/t13-,14-,15+/m0/s1. The van der Waals surface area contributed by atoms with Gasteiger partial charge in [0.25, 0.3) is 5.91 Å². The molecule has 0 bridgehead atoms. The Labute approximate surface area is 142 Å². The third-order valence-electron chi connectivity index (χ3n) is 5.48. The van der Waals surface area contributed by atoms with Crippen LogP contribution in [-0.2, 0) is 9.53 Å². The van der Waals surface area contributed by atoms with Crippen molar-refractivity contribution in [1.82, 2.24) is 19.8 Å². The maximum Gasteiger partial charge on any atom is 0.251 e. The monoisotopic (exact) mass is 331 g/mol. The van der Waals surface area contributed by atoms with Crippen LogP contribution in [0.25, 0.3) is 0 Å². The first-order valence-corrected chi connectivity index (χ1v) is 8.85. The van der Waals surface area contributed by atoms with Crippen LogP contribution in [0.2, 0.25) is 0 Å². The lowest BCUT2D eigenvalue weighted by molar-refractivity contribution is -0.144. The molecule has 1 amide bonds. The van der Waals surface area contributed by atoms with Crippen LogP contribution < -0.4 is 4.90 Å². The molecule has 130 valence electrons. The van der Waals surface area contributed by atoms with Gasteiger partial charge in [-0.3, -0.25) is 4.79 Å². The van der Waals surface area contributed by atoms with E-state index in [4.69, 9.17) is 4.74 Å². The van der Waals surface area contributed by atoms with Crippen LogP contribution in [0.4, 0.5) is 5.95 Å². The molecule has 24 heavy (non-hydrogen) atoms. The van der Waals surface area contributed by atoms with Crippen molar-refractivity contribution in [3.05, 3.63) is 18.5 Å². The highest BCUT2D eigenvalue weighted by atomic mass is 16.5. The Hall–Kier alpha value is -1.73. The number of aromatic nitrogens is 2. The fourth-order valence-electron chi connectivity index (χ4n) is 3.96. The van der Waals surface area contributed by atoms with E-state index in [9.17, 15) is 4.79 Å². The Balaban J connectivity index is 1.37. The quantitative estimate of drug-likeness (QED) is 0.773. The van der Waals surface area contributed by atoms with E-state index in [2.05, 4.69) is 26.8 Å². The molecule has 3 fully saturated rings. The van der Waals surface area contributed by atoms with Crippen LogP contribution in [-0.4, -0.2) is 84.2 Å². The first-order chi connectivity index (χ1) is 11.7. The summed E-state index contributed by atoms with van der Waals surface area (Å²) in [5.41, 5.74) is 0. The van der Waals surface area contributed by atoms with Gasteiger partial charge in [-0.1, -0.05) is 0 Å². The fourth-order valence-corrected chi connectivity index (χ4v) is 3.96. The predicted molar refractivity (Wildman–Crippen MR) is 89.7 cm³/mol. The number of likely N-dealkylation sites (N-methyl/N-ethyl adjacent to an activating group) is 1. The van der Waals surface area contributed by atoms with Gasteiger partial charge in [-0.2, -0.15) is 0 Å². The van der Waals surface area contributed by atoms with Crippen LogP contribution in [0.5, 0.6) is 0 Å². The molecule has 4 heterocycles. The van der Waals surface area contributed by atoms with Gasteiger partial charge in [-0.05, 0) is 31.9 Å². The number of anilines is 1. The van der Waals surface area contributed by atoms with Gasteiger partial charge in [-0.25, -0.2) is 9.97 Å². The Bertz CT molecular complexity index is 576. The number of carbonyl (C=O) groups is 1. The summed E-state index contributed by atoms with van der Waals surface area (Å²) in [4.78, 5) is 27.8. The van der Waals surface area contributed by atoms with Crippen molar-refractivity contribution in [3.8, 4) is 0 Å². The molecule has 7 heteroatoms. The molecule has 3 aliphatic heterocycles. The van der Waals surface area contributed by atoms with Gasteiger partial charge in [0.2, 0.25) is 5.95 Å². The number of hydrogen-bond donors (Lipinski definition) is 0. The molecule has 0 spiro atoms. The lowest BCUT2D eigenvalue weighted by atomic mass is 9.91. The summed E-state index contributed by atoms with van der Waals surface area (Å²) in [6.07, 6.45) is 5.28. The number of ether oxygens (including phenoxy) is 1. The zero-order chi connectivity index (χ0) is 16.5. The summed E-state index contributed by atoms with van der Waals surface area (Å²) in [6.45, 7) is 5.24. The first kappa shape index (κ1) is 15.8. The second kappa shape index (κ2) is 6.64. The second-order valence-electron chi connectivity index (χ2n) is 7.07. The van der Waals surface area contributed by atoms with Gasteiger partial charge in [-0.15, -0.1) is 0 Å². The number of fused-ring (bicyclic) bond motifs is 1. The molecule has 3 aliphatic rings. The first-order valence-electron chi connectivity index (χ1n) is 8.85. The zero-order valence-electron chi connectivity index (χ0n) is 14.2. The maximum atomic E-state index is 12.7. The molecule has 3 atom stereocenters. The minimum absolute atomic E-state index is 0.115. The fraction of sp³-hybridized carbons (Fsp3) is 0.706. The van der Waals surface area contributed by atoms with E-state index in [1.165, 1.54) is 0 Å². The molecule has 1 aromatic heterocycles. The van der Waals surface area contributed by atoms with Crippen LogP contribution in [0.3, 0.4) is 0 Å². The number of piperidine rings is 1. The minimum Gasteiger partial charge on any atom is -0.363 e. The number of amides is 1. The number of carbonyl (C=O) groups excluding carboxylic acids is 1. The van der Waals surface area contributed by atoms with E-state index in [-0.39, 0.29) is 18.1 Å². The summed E-state index contributed by atoms with van der Waals surface area (Å²) in [7, 11) is 2.10. The van der Waals surface area contributed by atoms with Crippen molar-refractivity contribution in [2.24, 2.45) is 5.92 Å². The average molecular weight is 331 g/mol. The summed E-state index contributed by atoms with van der Waals surface area (Å²) in [6, 6.07) is 1.83. The van der Waals surface area contributed by atoms with E-state index >= 15 is 0 Å². The van der Waals surface area contributed by atoms with Crippen molar-refractivity contribution < 1.29 is 9.53 Å². The molecular formula is C17H25N5O2. The summed E-state index contributed by atoms with van der Waals surface area (Å²) < 4.78 is 6.16.